The lowest BCUT2D eigenvalue weighted by molar-refractivity contribution is -0.144. The van der Waals surface area contributed by atoms with Gasteiger partial charge in [-0.05, 0) is 35.7 Å². The number of alkyl halides is 3. The van der Waals surface area contributed by atoms with Gasteiger partial charge in [0.1, 0.15) is 5.69 Å². The lowest BCUT2D eigenvalue weighted by Crippen LogP contribution is -2.49. The third-order valence-electron chi connectivity index (χ3n) is 6.06. The van der Waals surface area contributed by atoms with Crippen LogP contribution in [0.1, 0.15) is 23.7 Å². The fraction of sp³-hybridized carbons (Fsp3) is 0.346. The van der Waals surface area contributed by atoms with Crippen LogP contribution in [0.4, 0.5) is 18.0 Å². The zero-order valence-electron chi connectivity index (χ0n) is 19.7. The number of rotatable bonds is 6. The number of nitrogens with zero attached hydrogens (tertiary/aromatic N) is 2. The van der Waals surface area contributed by atoms with Gasteiger partial charge in [-0.25, -0.2) is 4.79 Å². The van der Waals surface area contributed by atoms with E-state index in [0.29, 0.717) is 35.9 Å². The molecule has 0 unspecified atom stereocenters. The minimum atomic E-state index is -4.67. The summed E-state index contributed by atoms with van der Waals surface area (Å²) in [4.78, 5) is 14.5. The van der Waals surface area contributed by atoms with Crippen molar-refractivity contribution >= 4 is 17.7 Å². The number of aromatic nitrogens is 1. The zero-order chi connectivity index (χ0) is 25.4. The van der Waals surface area contributed by atoms with Gasteiger partial charge < -0.3 is 18.9 Å². The van der Waals surface area contributed by atoms with Gasteiger partial charge in [0.2, 0.25) is 5.88 Å². The molecule has 1 aliphatic rings. The number of hydrogen-bond acceptors (Lipinski definition) is 3. The molecule has 1 saturated heterocycles. The lowest BCUT2D eigenvalue weighted by atomic mass is 9.88. The van der Waals surface area contributed by atoms with Crippen LogP contribution in [0.5, 0.6) is 5.88 Å². The Labute approximate surface area is 207 Å². The first-order valence-corrected chi connectivity index (χ1v) is 11.5. The number of halogens is 4. The highest BCUT2D eigenvalue weighted by molar-refractivity contribution is 6.30. The number of hydrogen-bond donors (Lipinski definition) is 0. The summed E-state index contributed by atoms with van der Waals surface area (Å²) in [6, 6.07) is 15.2. The molecule has 1 amide bonds. The van der Waals surface area contributed by atoms with E-state index in [1.54, 1.807) is 61.6 Å². The van der Waals surface area contributed by atoms with Gasteiger partial charge in [-0.3, -0.25) is 0 Å². The Kier molecular flexibility index (Phi) is 6.88. The van der Waals surface area contributed by atoms with E-state index < -0.39 is 18.0 Å². The molecule has 0 saturated carbocycles. The van der Waals surface area contributed by atoms with E-state index in [9.17, 15) is 18.0 Å². The second-order valence-electron chi connectivity index (χ2n) is 9.26. The van der Waals surface area contributed by atoms with Gasteiger partial charge in [0.25, 0.3) is 0 Å². The van der Waals surface area contributed by atoms with Crippen molar-refractivity contribution in [3.05, 3.63) is 76.4 Å². The second-order valence-corrected chi connectivity index (χ2v) is 9.69. The Bertz CT molecular complexity index is 1200. The van der Waals surface area contributed by atoms with E-state index in [1.165, 1.54) is 11.8 Å². The number of ether oxygens (including phenoxy) is 2. The predicted octanol–water partition coefficient (Wildman–Crippen LogP) is 6.65. The highest BCUT2D eigenvalue weighted by Crippen LogP contribution is 2.45. The highest BCUT2D eigenvalue weighted by Gasteiger charge is 2.41. The zero-order valence-corrected chi connectivity index (χ0v) is 20.4. The summed E-state index contributed by atoms with van der Waals surface area (Å²) in [5, 5.41) is 0.445. The first-order chi connectivity index (χ1) is 16.5. The van der Waals surface area contributed by atoms with Gasteiger partial charge in [0.05, 0.1) is 19.8 Å². The first kappa shape index (κ1) is 25.1. The van der Waals surface area contributed by atoms with E-state index >= 15 is 0 Å². The summed E-state index contributed by atoms with van der Waals surface area (Å²) in [5.41, 5.74) is 0.197. The molecule has 9 heteroatoms. The maximum Gasteiger partial charge on any atom is 0.431 e. The Balaban J connectivity index is 1.83. The van der Waals surface area contributed by atoms with E-state index in [4.69, 9.17) is 21.1 Å². The van der Waals surface area contributed by atoms with Gasteiger partial charge >= 0.3 is 12.3 Å². The summed E-state index contributed by atoms with van der Waals surface area (Å²) in [6.07, 6.45) is -5.42. The first-order valence-electron chi connectivity index (χ1n) is 11.1. The van der Waals surface area contributed by atoms with Gasteiger partial charge in [0, 0.05) is 29.6 Å². The molecule has 0 spiro atoms. The molecule has 35 heavy (non-hydrogen) atoms. The van der Waals surface area contributed by atoms with Crippen molar-refractivity contribution < 1.29 is 27.4 Å². The molecule has 0 radical (unpaired) electrons. The van der Waals surface area contributed by atoms with Crippen molar-refractivity contribution in [2.45, 2.75) is 26.6 Å². The van der Waals surface area contributed by atoms with Gasteiger partial charge in [-0.1, -0.05) is 61.0 Å². The normalized spacial score (nSPS) is 14.9. The quantitative estimate of drug-likeness (QED) is 0.376. The molecule has 5 nitrogen and oxygen atoms in total. The fourth-order valence-electron chi connectivity index (χ4n) is 4.40. The molecule has 186 valence electrons. The summed E-state index contributed by atoms with van der Waals surface area (Å²) >= 11 is 6.01. The number of benzene rings is 2. The van der Waals surface area contributed by atoms with Crippen LogP contribution in [0.25, 0.3) is 11.1 Å². The van der Waals surface area contributed by atoms with Crippen LogP contribution in [0.2, 0.25) is 5.02 Å². The van der Waals surface area contributed by atoms with Crippen molar-refractivity contribution in [1.29, 1.82) is 0 Å². The molecule has 3 aromatic rings. The molecule has 0 N–H and O–H groups in total. The van der Waals surface area contributed by atoms with Crippen LogP contribution in [0.15, 0.2) is 54.6 Å². The van der Waals surface area contributed by atoms with E-state index in [-0.39, 0.29) is 29.0 Å². The number of amides is 1. The Morgan fingerprint density at radius 2 is 1.77 bits per heavy atom. The smallest absolute Gasteiger partial charge is 0.392 e. The van der Waals surface area contributed by atoms with E-state index in [2.05, 4.69) is 0 Å². The standard InChI is InChI=1S/C26H26ClF3N2O3/c1-17-21(19-9-11-20(27)12-10-19)23(35-24(33)31(3)14-25(2)15-34-16-25)32(22(17)26(28,29)30)13-18-7-5-4-6-8-18/h4-12H,13-16H2,1-3H3. The minimum absolute atomic E-state index is 0.0273. The van der Waals surface area contributed by atoms with Crippen LogP contribution < -0.4 is 4.74 Å². The van der Waals surface area contributed by atoms with Gasteiger partial charge in [0.15, 0.2) is 0 Å². The third kappa shape index (κ3) is 5.33. The second kappa shape index (κ2) is 9.59. The average Bonchev–Trinajstić information content (AvgIpc) is 3.04. The molecule has 0 aliphatic carbocycles. The van der Waals surface area contributed by atoms with Gasteiger partial charge in [-0.2, -0.15) is 13.2 Å². The molecule has 1 aliphatic heterocycles. The Morgan fingerprint density at radius 3 is 2.31 bits per heavy atom. The van der Waals surface area contributed by atoms with Crippen LogP contribution in [-0.2, 0) is 17.5 Å². The van der Waals surface area contributed by atoms with Crippen LogP contribution in [0, 0.1) is 12.3 Å². The molecule has 4 rings (SSSR count). The minimum Gasteiger partial charge on any atom is -0.392 e. The third-order valence-corrected chi connectivity index (χ3v) is 6.31. The van der Waals surface area contributed by atoms with Crippen LogP contribution >= 0.6 is 11.6 Å². The highest BCUT2D eigenvalue weighted by atomic mass is 35.5. The summed E-state index contributed by atoms with van der Waals surface area (Å²) in [6.45, 7) is 4.60. The van der Waals surface area contributed by atoms with Crippen molar-refractivity contribution in [3.8, 4) is 17.0 Å². The lowest BCUT2D eigenvalue weighted by Gasteiger charge is -2.40. The van der Waals surface area contributed by atoms with E-state index in [1.807, 2.05) is 6.92 Å². The molecule has 0 atom stereocenters. The molecule has 2 aromatic carbocycles. The van der Waals surface area contributed by atoms with E-state index in [0.717, 1.165) is 4.57 Å². The topological polar surface area (TPSA) is 43.7 Å². The largest absolute Gasteiger partial charge is 0.431 e. The maximum absolute atomic E-state index is 14.4. The SMILES string of the molecule is Cc1c(-c2ccc(Cl)cc2)c(OC(=O)N(C)CC2(C)COC2)n(Cc2ccccc2)c1C(F)(F)F. The fourth-order valence-corrected chi connectivity index (χ4v) is 4.53. The number of carbonyl (C=O) groups excluding carboxylic acids is 1. The van der Waals surface area contributed by atoms with Crippen molar-refractivity contribution in [3.63, 3.8) is 0 Å². The van der Waals surface area contributed by atoms with Gasteiger partial charge in [-0.15, -0.1) is 0 Å². The summed E-state index contributed by atoms with van der Waals surface area (Å²) in [7, 11) is 1.57. The molecular weight excluding hydrogens is 481 g/mol. The predicted molar refractivity (Wildman–Crippen MR) is 128 cm³/mol. The monoisotopic (exact) mass is 506 g/mol. The van der Waals surface area contributed by atoms with Crippen LogP contribution in [-0.4, -0.2) is 42.4 Å². The molecule has 0 bridgehead atoms. The summed E-state index contributed by atoms with van der Waals surface area (Å²) in [5.74, 6) is -0.159. The molecular formula is C26H26ClF3N2O3. The van der Waals surface area contributed by atoms with Crippen molar-refractivity contribution in [2.75, 3.05) is 26.8 Å². The summed E-state index contributed by atoms with van der Waals surface area (Å²) < 4.78 is 55.1. The van der Waals surface area contributed by atoms with Crippen molar-refractivity contribution in [2.24, 2.45) is 5.41 Å². The number of carbonyl (C=O) groups is 1. The Morgan fingerprint density at radius 1 is 1.14 bits per heavy atom. The molecule has 1 aromatic heterocycles. The molecule has 2 heterocycles. The molecule has 1 fully saturated rings. The van der Waals surface area contributed by atoms with Crippen LogP contribution in [0.3, 0.4) is 0 Å². The Hall–Kier alpha value is -2.97. The maximum atomic E-state index is 14.4. The van der Waals surface area contributed by atoms with Crippen molar-refractivity contribution in [1.82, 2.24) is 9.47 Å². The average molecular weight is 507 g/mol.